The van der Waals surface area contributed by atoms with Gasteiger partial charge in [0.1, 0.15) is 12.1 Å². The zero-order chi connectivity index (χ0) is 18.5. The molecule has 7 heteroatoms. The number of nitrogens with one attached hydrogen (secondary N) is 4. The molecule has 0 spiro atoms. The monoisotopic (exact) mass is 365 g/mol. The summed E-state index contributed by atoms with van der Waals surface area (Å²) in [5.41, 5.74) is 5.93. The molecule has 0 aromatic carbocycles. The molecule has 1 aliphatic heterocycles. The highest BCUT2D eigenvalue weighted by molar-refractivity contribution is 5.83. The first-order chi connectivity index (χ1) is 12.5. The fourth-order valence-electron chi connectivity index (χ4n) is 4.75. The van der Waals surface area contributed by atoms with Gasteiger partial charge < -0.3 is 16.4 Å². The molecule has 0 aromatic rings. The molecule has 6 N–H and O–H groups in total. The second kappa shape index (κ2) is 9.15. The number of hydrogen-bond donors (Lipinski definition) is 5. The van der Waals surface area contributed by atoms with Gasteiger partial charge >= 0.3 is 6.03 Å². The number of amides is 2. The van der Waals surface area contributed by atoms with E-state index in [0.717, 1.165) is 44.9 Å². The van der Waals surface area contributed by atoms with Crippen molar-refractivity contribution in [3.63, 3.8) is 0 Å². The zero-order valence-electron chi connectivity index (χ0n) is 15.9. The maximum atomic E-state index is 12.7. The van der Waals surface area contributed by atoms with Crippen LogP contribution in [-0.4, -0.2) is 36.4 Å². The van der Waals surface area contributed by atoms with Gasteiger partial charge in [0.15, 0.2) is 0 Å². The van der Waals surface area contributed by atoms with E-state index >= 15 is 0 Å². The number of urea groups is 1. The molecule has 2 aliphatic carbocycles. The molecule has 7 nitrogen and oxygen atoms in total. The maximum absolute atomic E-state index is 12.7. The van der Waals surface area contributed by atoms with E-state index in [1.165, 1.54) is 19.3 Å². The number of carbonyl (C=O) groups excluding carboxylic acids is 2. The second-order valence-electron chi connectivity index (χ2n) is 8.41. The molecule has 3 aliphatic rings. The molecule has 1 saturated heterocycles. The van der Waals surface area contributed by atoms with Gasteiger partial charge in [-0.2, -0.15) is 0 Å². The van der Waals surface area contributed by atoms with Gasteiger partial charge in [0.05, 0.1) is 6.17 Å². The minimum atomic E-state index is -0.307. The Bertz CT molecular complexity index is 476. The summed E-state index contributed by atoms with van der Waals surface area (Å²) < 4.78 is 0. The summed E-state index contributed by atoms with van der Waals surface area (Å²) in [7, 11) is 0. The highest BCUT2D eigenvalue weighted by Crippen LogP contribution is 2.32. The van der Waals surface area contributed by atoms with Gasteiger partial charge in [0.2, 0.25) is 0 Å². The largest absolute Gasteiger partial charge is 0.335 e. The van der Waals surface area contributed by atoms with Crippen LogP contribution in [0, 0.1) is 11.8 Å². The highest BCUT2D eigenvalue weighted by Gasteiger charge is 2.32. The van der Waals surface area contributed by atoms with Gasteiger partial charge in [-0.05, 0) is 51.9 Å². The molecule has 3 unspecified atom stereocenters. The van der Waals surface area contributed by atoms with Crippen LogP contribution in [0.5, 0.6) is 0 Å². The lowest BCUT2D eigenvalue weighted by molar-refractivity contribution is -0.128. The number of rotatable bonds is 4. The van der Waals surface area contributed by atoms with Gasteiger partial charge in [-0.1, -0.05) is 19.3 Å². The van der Waals surface area contributed by atoms with E-state index in [2.05, 4.69) is 28.2 Å². The molecule has 2 amide bonds. The van der Waals surface area contributed by atoms with Crippen molar-refractivity contribution in [2.24, 2.45) is 17.6 Å². The van der Waals surface area contributed by atoms with E-state index in [9.17, 15) is 9.59 Å². The van der Waals surface area contributed by atoms with E-state index in [0.29, 0.717) is 11.7 Å². The number of Topliss-reactive ketones (excluding diaryl/α,β-unsaturated/α-hetero) is 1. The minimum Gasteiger partial charge on any atom is -0.335 e. The van der Waals surface area contributed by atoms with Crippen molar-refractivity contribution in [3.05, 3.63) is 0 Å². The maximum Gasteiger partial charge on any atom is 0.317 e. The number of nitrogens with two attached hydrogens (primary N) is 1. The van der Waals surface area contributed by atoms with Gasteiger partial charge in [0, 0.05) is 23.9 Å². The fourth-order valence-corrected chi connectivity index (χ4v) is 4.75. The molecule has 0 radical (unpaired) electrons. The van der Waals surface area contributed by atoms with Crippen LogP contribution >= 0.6 is 0 Å². The smallest absolute Gasteiger partial charge is 0.317 e. The first-order valence-corrected chi connectivity index (χ1v) is 10.4. The molecule has 2 saturated carbocycles. The van der Waals surface area contributed by atoms with Crippen LogP contribution < -0.4 is 27.0 Å². The topological polar surface area (TPSA) is 108 Å². The SMILES string of the molecule is CC1CC(N)NC(NC(=O)NC2CCC(C(=O)C3CCCCC3)CC2)N1. The van der Waals surface area contributed by atoms with Crippen molar-refractivity contribution in [1.29, 1.82) is 0 Å². The van der Waals surface area contributed by atoms with Crippen LogP contribution in [0.4, 0.5) is 4.79 Å². The van der Waals surface area contributed by atoms with E-state index in [1.54, 1.807) is 0 Å². The van der Waals surface area contributed by atoms with E-state index in [4.69, 9.17) is 5.73 Å². The summed E-state index contributed by atoms with van der Waals surface area (Å²) in [6.07, 6.45) is 9.86. The standard InChI is InChI=1S/C19H35N5O2/c1-12-11-16(20)23-18(21-12)24-19(26)22-15-9-7-14(8-10-15)17(25)13-5-3-2-4-6-13/h12-16,18,21,23H,2-11,20H2,1H3,(H2,22,24,26). The normalized spacial score (nSPS) is 36.3. The van der Waals surface area contributed by atoms with Crippen molar-refractivity contribution in [3.8, 4) is 0 Å². The second-order valence-corrected chi connectivity index (χ2v) is 8.41. The quantitative estimate of drug-likeness (QED) is 0.519. The number of ketones is 1. The molecule has 1 heterocycles. The predicted molar refractivity (Wildman–Crippen MR) is 101 cm³/mol. The fraction of sp³-hybridized carbons (Fsp3) is 0.895. The molecule has 0 aromatic heterocycles. The first-order valence-electron chi connectivity index (χ1n) is 10.4. The Morgan fingerprint density at radius 2 is 1.54 bits per heavy atom. The summed E-state index contributed by atoms with van der Waals surface area (Å²) in [6, 6.07) is 0.233. The van der Waals surface area contributed by atoms with Crippen molar-refractivity contribution in [1.82, 2.24) is 21.3 Å². The van der Waals surface area contributed by atoms with Crippen LogP contribution in [0.15, 0.2) is 0 Å². The van der Waals surface area contributed by atoms with Crippen LogP contribution in [0.3, 0.4) is 0 Å². The van der Waals surface area contributed by atoms with E-state index < -0.39 is 0 Å². The Labute approximate surface area is 156 Å². The highest BCUT2D eigenvalue weighted by atomic mass is 16.2. The third kappa shape index (κ3) is 5.41. The third-order valence-electron chi connectivity index (χ3n) is 6.19. The minimum absolute atomic E-state index is 0.113. The van der Waals surface area contributed by atoms with Gasteiger partial charge in [0.25, 0.3) is 0 Å². The predicted octanol–water partition coefficient (Wildman–Crippen LogP) is 1.53. The molecule has 3 atom stereocenters. The number of hydrogen-bond acceptors (Lipinski definition) is 5. The van der Waals surface area contributed by atoms with Gasteiger partial charge in [-0.25, -0.2) is 4.79 Å². The van der Waals surface area contributed by atoms with Crippen LogP contribution in [0.2, 0.25) is 0 Å². The lowest BCUT2D eigenvalue weighted by atomic mass is 9.75. The lowest BCUT2D eigenvalue weighted by Gasteiger charge is -2.35. The van der Waals surface area contributed by atoms with Crippen LogP contribution in [0.1, 0.15) is 71.1 Å². The average Bonchev–Trinajstić information content (AvgIpc) is 2.61. The van der Waals surface area contributed by atoms with E-state index in [1.807, 2.05) is 0 Å². The Morgan fingerprint density at radius 1 is 0.885 bits per heavy atom. The Balaban J connectivity index is 1.38. The average molecular weight is 366 g/mol. The Hall–Kier alpha value is -1.18. The molecule has 26 heavy (non-hydrogen) atoms. The third-order valence-corrected chi connectivity index (χ3v) is 6.19. The van der Waals surface area contributed by atoms with Crippen LogP contribution in [0.25, 0.3) is 0 Å². The van der Waals surface area contributed by atoms with Crippen molar-refractivity contribution in [2.45, 2.75) is 95.7 Å². The lowest BCUT2D eigenvalue weighted by Crippen LogP contribution is -2.67. The van der Waals surface area contributed by atoms with Gasteiger partial charge in [-0.3, -0.25) is 15.4 Å². The summed E-state index contributed by atoms with van der Waals surface area (Å²) >= 11 is 0. The molecular formula is C19H35N5O2. The Morgan fingerprint density at radius 3 is 2.19 bits per heavy atom. The molecule has 3 rings (SSSR count). The van der Waals surface area contributed by atoms with Crippen molar-refractivity contribution >= 4 is 11.8 Å². The summed E-state index contributed by atoms with van der Waals surface area (Å²) in [5.74, 6) is 1.00. The molecule has 3 fully saturated rings. The van der Waals surface area contributed by atoms with Gasteiger partial charge in [-0.15, -0.1) is 0 Å². The first kappa shape index (κ1) is 19.6. The van der Waals surface area contributed by atoms with E-state index in [-0.39, 0.29) is 36.5 Å². The van der Waals surface area contributed by atoms with Crippen molar-refractivity contribution in [2.75, 3.05) is 0 Å². The summed E-state index contributed by atoms with van der Waals surface area (Å²) in [5, 5.41) is 12.3. The number of carbonyl (C=O) groups is 2. The van der Waals surface area contributed by atoms with Crippen LogP contribution in [-0.2, 0) is 4.79 Å². The zero-order valence-corrected chi connectivity index (χ0v) is 15.9. The summed E-state index contributed by atoms with van der Waals surface area (Å²) in [4.78, 5) is 24.9. The Kier molecular flexibility index (Phi) is 6.89. The summed E-state index contributed by atoms with van der Waals surface area (Å²) in [6.45, 7) is 2.05. The molecule has 148 valence electrons. The van der Waals surface area contributed by atoms with Crippen molar-refractivity contribution < 1.29 is 9.59 Å². The molecular weight excluding hydrogens is 330 g/mol. The molecule has 0 bridgehead atoms.